The molecule has 122 valence electrons. The molecule has 0 radical (unpaired) electrons. The number of nitrogens with one attached hydrogen (secondary N) is 2. The van der Waals surface area contributed by atoms with Crippen LogP contribution < -0.4 is 15.4 Å². The van der Waals surface area contributed by atoms with Gasteiger partial charge in [0.2, 0.25) is 5.91 Å². The first kappa shape index (κ1) is 19.0. The standard InChI is InChI=1S/C16H21BrN2O2.ClH/c17-14-4-1-2-5-15(14)21-11-3-6-16(20)19-12-13-7-9-18-10-8-13;/h1-2,4-5,7,18H,3,6,8-12H2,(H,19,20);1H. The first-order valence-electron chi connectivity index (χ1n) is 7.28. The fourth-order valence-electron chi connectivity index (χ4n) is 2.11. The summed E-state index contributed by atoms with van der Waals surface area (Å²) in [6.45, 7) is 3.13. The molecule has 1 heterocycles. The van der Waals surface area contributed by atoms with E-state index >= 15 is 0 Å². The van der Waals surface area contributed by atoms with Crippen molar-refractivity contribution in [2.24, 2.45) is 0 Å². The lowest BCUT2D eigenvalue weighted by Crippen LogP contribution is -2.29. The van der Waals surface area contributed by atoms with Gasteiger partial charge < -0.3 is 15.4 Å². The second kappa shape index (κ2) is 10.6. The first-order valence-corrected chi connectivity index (χ1v) is 8.07. The number of amides is 1. The molecule has 0 aromatic heterocycles. The SMILES string of the molecule is Cl.O=C(CCCOc1ccccc1Br)NCC1=CCNCC1. The number of para-hydroxylation sites is 1. The van der Waals surface area contributed by atoms with E-state index < -0.39 is 0 Å². The second-order valence-electron chi connectivity index (χ2n) is 4.98. The third-order valence-electron chi connectivity index (χ3n) is 3.31. The number of carbonyl (C=O) groups is 1. The largest absolute Gasteiger partial charge is 0.492 e. The van der Waals surface area contributed by atoms with Gasteiger partial charge in [0.05, 0.1) is 11.1 Å². The van der Waals surface area contributed by atoms with E-state index in [1.165, 1.54) is 5.57 Å². The van der Waals surface area contributed by atoms with Crippen LogP contribution in [0.2, 0.25) is 0 Å². The Morgan fingerprint density at radius 1 is 1.36 bits per heavy atom. The van der Waals surface area contributed by atoms with Crippen LogP contribution in [0, 0.1) is 0 Å². The molecule has 1 aliphatic rings. The van der Waals surface area contributed by atoms with Gasteiger partial charge in [-0.3, -0.25) is 4.79 Å². The monoisotopic (exact) mass is 388 g/mol. The highest BCUT2D eigenvalue weighted by atomic mass is 79.9. The van der Waals surface area contributed by atoms with Crippen LogP contribution in [0.3, 0.4) is 0 Å². The lowest BCUT2D eigenvalue weighted by atomic mass is 10.1. The van der Waals surface area contributed by atoms with Gasteiger partial charge in [-0.25, -0.2) is 0 Å². The summed E-state index contributed by atoms with van der Waals surface area (Å²) < 4.78 is 6.57. The molecule has 0 fully saturated rings. The minimum atomic E-state index is 0. The molecular weight excluding hydrogens is 368 g/mol. The van der Waals surface area contributed by atoms with E-state index in [-0.39, 0.29) is 18.3 Å². The molecule has 0 saturated heterocycles. The number of hydrogen-bond donors (Lipinski definition) is 2. The molecule has 2 N–H and O–H groups in total. The molecule has 4 nitrogen and oxygen atoms in total. The van der Waals surface area contributed by atoms with E-state index in [1.54, 1.807) is 0 Å². The van der Waals surface area contributed by atoms with Crippen LogP contribution in [0.5, 0.6) is 5.75 Å². The Morgan fingerprint density at radius 2 is 2.18 bits per heavy atom. The Bertz CT molecular complexity index is 509. The Balaban J connectivity index is 0.00000242. The highest BCUT2D eigenvalue weighted by molar-refractivity contribution is 9.10. The van der Waals surface area contributed by atoms with E-state index in [9.17, 15) is 4.79 Å². The average molecular weight is 390 g/mol. The summed E-state index contributed by atoms with van der Waals surface area (Å²) in [7, 11) is 0. The fraction of sp³-hybridized carbons (Fsp3) is 0.438. The normalized spacial score (nSPS) is 13.8. The molecule has 0 bridgehead atoms. The van der Waals surface area contributed by atoms with Gasteiger partial charge in [0.25, 0.3) is 0 Å². The Hall–Kier alpha value is -1.04. The Labute approximate surface area is 146 Å². The van der Waals surface area contributed by atoms with Crippen LogP contribution in [0.4, 0.5) is 0 Å². The van der Waals surface area contributed by atoms with Crippen molar-refractivity contribution in [1.29, 1.82) is 0 Å². The molecule has 0 unspecified atom stereocenters. The van der Waals surface area contributed by atoms with Crippen molar-refractivity contribution >= 4 is 34.2 Å². The molecule has 6 heteroatoms. The zero-order valence-electron chi connectivity index (χ0n) is 12.4. The van der Waals surface area contributed by atoms with Gasteiger partial charge in [-0.1, -0.05) is 23.8 Å². The van der Waals surface area contributed by atoms with Crippen LogP contribution in [0.25, 0.3) is 0 Å². The number of halogens is 2. The lowest BCUT2D eigenvalue weighted by molar-refractivity contribution is -0.121. The molecule has 0 aliphatic carbocycles. The molecule has 0 atom stereocenters. The number of carbonyl (C=O) groups excluding carboxylic acids is 1. The van der Waals surface area contributed by atoms with Crippen molar-refractivity contribution in [1.82, 2.24) is 10.6 Å². The number of rotatable bonds is 7. The molecule has 2 rings (SSSR count). The maximum atomic E-state index is 11.7. The second-order valence-corrected chi connectivity index (χ2v) is 5.83. The number of benzene rings is 1. The molecule has 1 amide bonds. The van der Waals surface area contributed by atoms with E-state index in [4.69, 9.17) is 4.74 Å². The molecule has 22 heavy (non-hydrogen) atoms. The smallest absolute Gasteiger partial charge is 0.220 e. The van der Waals surface area contributed by atoms with Gasteiger partial charge in [-0.15, -0.1) is 12.4 Å². The molecule has 1 aliphatic heterocycles. The zero-order chi connectivity index (χ0) is 14.9. The van der Waals surface area contributed by atoms with Crippen LogP contribution in [-0.4, -0.2) is 32.1 Å². The lowest BCUT2D eigenvalue weighted by Gasteiger charge is -2.14. The van der Waals surface area contributed by atoms with Crippen molar-refractivity contribution in [2.45, 2.75) is 19.3 Å². The average Bonchev–Trinajstić information content (AvgIpc) is 2.52. The van der Waals surface area contributed by atoms with Gasteiger partial charge in [0.1, 0.15) is 5.75 Å². The first-order chi connectivity index (χ1) is 10.3. The molecule has 0 saturated carbocycles. The van der Waals surface area contributed by atoms with Gasteiger partial charge in [0, 0.05) is 19.5 Å². The fourth-order valence-corrected chi connectivity index (χ4v) is 2.51. The van der Waals surface area contributed by atoms with Crippen molar-refractivity contribution in [2.75, 3.05) is 26.2 Å². The highest BCUT2D eigenvalue weighted by Gasteiger charge is 2.06. The van der Waals surface area contributed by atoms with Gasteiger partial charge in [-0.05, 0) is 47.4 Å². The summed E-state index contributed by atoms with van der Waals surface area (Å²) in [5.41, 5.74) is 1.31. The Morgan fingerprint density at radius 3 is 2.91 bits per heavy atom. The third-order valence-corrected chi connectivity index (χ3v) is 3.97. The van der Waals surface area contributed by atoms with Crippen molar-refractivity contribution < 1.29 is 9.53 Å². The molecule has 0 spiro atoms. The van der Waals surface area contributed by atoms with Crippen molar-refractivity contribution in [3.05, 3.63) is 40.4 Å². The number of ether oxygens (including phenoxy) is 1. The third kappa shape index (κ3) is 6.81. The predicted molar refractivity (Wildman–Crippen MR) is 94.7 cm³/mol. The van der Waals surface area contributed by atoms with E-state index in [2.05, 4.69) is 32.6 Å². The molecule has 1 aromatic carbocycles. The summed E-state index contributed by atoms with van der Waals surface area (Å²) in [6, 6.07) is 7.72. The topological polar surface area (TPSA) is 50.4 Å². The van der Waals surface area contributed by atoms with Gasteiger partial charge in [0.15, 0.2) is 0 Å². The maximum Gasteiger partial charge on any atom is 0.220 e. The van der Waals surface area contributed by atoms with Crippen LogP contribution in [0.15, 0.2) is 40.4 Å². The summed E-state index contributed by atoms with van der Waals surface area (Å²) in [5, 5.41) is 6.22. The minimum absolute atomic E-state index is 0. The summed E-state index contributed by atoms with van der Waals surface area (Å²) >= 11 is 3.43. The summed E-state index contributed by atoms with van der Waals surface area (Å²) in [4.78, 5) is 11.7. The van der Waals surface area contributed by atoms with Crippen molar-refractivity contribution in [3.63, 3.8) is 0 Å². The van der Waals surface area contributed by atoms with E-state index in [1.807, 2.05) is 24.3 Å². The van der Waals surface area contributed by atoms with E-state index in [0.717, 1.165) is 29.7 Å². The molecular formula is C16H22BrClN2O2. The van der Waals surface area contributed by atoms with Crippen LogP contribution >= 0.6 is 28.3 Å². The van der Waals surface area contributed by atoms with Crippen LogP contribution in [0.1, 0.15) is 19.3 Å². The predicted octanol–water partition coefficient (Wildman–Crippen LogP) is 3.07. The molecule has 1 aromatic rings. The van der Waals surface area contributed by atoms with E-state index in [0.29, 0.717) is 26.0 Å². The Kier molecular flexibility index (Phi) is 9.20. The quantitative estimate of drug-likeness (QED) is 0.556. The van der Waals surface area contributed by atoms with Gasteiger partial charge >= 0.3 is 0 Å². The zero-order valence-corrected chi connectivity index (χ0v) is 14.8. The van der Waals surface area contributed by atoms with Crippen LogP contribution in [-0.2, 0) is 4.79 Å². The van der Waals surface area contributed by atoms with Gasteiger partial charge in [-0.2, -0.15) is 0 Å². The van der Waals surface area contributed by atoms with Crippen molar-refractivity contribution in [3.8, 4) is 5.75 Å². The summed E-state index contributed by atoms with van der Waals surface area (Å²) in [5.74, 6) is 0.905. The maximum absolute atomic E-state index is 11.7. The summed E-state index contributed by atoms with van der Waals surface area (Å²) in [6.07, 6.45) is 4.38. The minimum Gasteiger partial charge on any atom is -0.492 e. The number of hydrogen-bond acceptors (Lipinski definition) is 3. The highest BCUT2D eigenvalue weighted by Crippen LogP contribution is 2.23.